The molecular weight excluding hydrogens is 497 g/mol. The molecule has 1 aliphatic heterocycles. The quantitative estimate of drug-likeness (QED) is 0.463. The van der Waals surface area contributed by atoms with Gasteiger partial charge in [0, 0.05) is 0 Å². The van der Waals surface area contributed by atoms with Crippen LogP contribution in [-0.4, -0.2) is 42.6 Å². The molecule has 32 heavy (non-hydrogen) atoms. The zero-order chi connectivity index (χ0) is 23.6. The van der Waals surface area contributed by atoms with Gasteiger partial charge in [-0.05, 0) is 70.9 Å². The highest BCUT2D eigenvalue weighted by molar-refractivity contribution is 9.10. The van der Waals surface area contributed by atoms with Crippen molar-refractivity contribution < 1.29 is 37.3 Å². The Labute approximate surface area is 188 Å². The van der Waals surface area contributed by atoms with Crippen LogP contribution in [0.1, 0.15) is 22.8 Å². The molecule has 3 rings (SSSR count). The summed E-state index contributed by atoms with van der Waals surface area (Å²) in [5, 5.41) is 14.0. The van der Waals surface area contributed by atoms with Gasteiger partial charge in [0.1, 0.15) is 0 Å². The van der Waals surface area contributed by atoms with Gasteiger partial charge in [-0.15, -0.1) is 0 Å². The molecule has 0 aromatic heterocycles. The van der Waals surface area contributed by atoms with E-state index >= 15 is 0 Å². The van der Waals surface area contributed by atoms with E-state index in [2.05, 4.69) is 21.0 Å². The average Bonchev–Trinajstić information content (AvgIpc) is 3.07. The number of hydrogen-bond donors (Lipinski definition) is 1. The fourth-order valence-electron chi connectivity index (χ4n) is 2.88. The molecule has 1 amide bonds. The van der Waals surface area contributed by atoms with Crippen LogP contribution in [0.15, 0.2) is 51.5 Å². The van der Waals surface area contributed by atoms with Gasteiger partial charge in [0.05, 0.1) is 35.0 Å². The summed E-state index contributed by atoms with van der Waals surface area (Å²) in [6, 6.07) is 7.86. The van der Waals surface area contributed by atoms with Gasteiger partial charge in [-0.25, -0.2) is 4.79 Å². The smallest absolute Gasteiger partial charge is 0.435 e. The van der Waals surface area contributed by atoms with E-state index in [0.29, 0.717) is 5.01 Å². The molecule has 7 nitrogen and oxygen atoms in total. The minimum atomic E-state index is -4.90. The Balaban J connectivity index is 2.02. The molecule has 0 unspecified atom stereocenters. The van der Waals surface area contributed by atoms with Crippen molar-refractivity contribution in [1.29, 1.82) is 0 Å². The van der Waals surface area contributed by atoms with Gasteiger partial charge in [-0.1, -0.05) is 0 Å². The molecule has 0 radical (unpaired) electrons. The molecule has 1 aliphatic rings. The zero-order valence-corrected chi connectivity index (χ0v) is 18.3. The van der Waals surface area contributed by atoms with E-state index < -0.39 is 29.3 Å². The predicted molar refractivity (Wildman–Crippen MR) is 114 cm³/mol. The fraction of sp³-hybridized carbons (Fsp3) is 0.190. The summed E-state index contributed by atoms with van der Waals surface area (Å²) >= 11 is 3.09. The first kappa shape index (κ1) is 23.3. The summed E-state index contributed by atoms with van der Waals surface area (Å²) in [5.74, 6) is -1.84. The number of hydrazone groups is 1. The largest absolute Gasteiger partial charge is 0.503 e. The second-order valence-electron chi connectivity index (χ2n) is 6.44. The van der Waals surface area contributed by atoms with Gasteiger partial charge in [-0.2, -0.15) is 23.3 Å². The minimum Gasteiger partial charge on any atom is -0.503 e. The molecule has 168 valence electrons. The number of amides is 1. The molecule has 2 aromatic carbocycles. The number of benzene rings is 2. The maximum absolute atomic E-state index is 13.6. The van der Waals surface area contributed by atoms with E-state index in [-0.39, 0.29) is 39.4 Å². The maximum Gasteiger partial charge on any atom is 0.435 e. The first-order chi connectivity index (χ1) is 15.1. The first-order valence-electron chi connectivity index (χ1n) is 9.12. The van der Waals surface area contributed by atoms with Crippen LogP contribution in [0, 0.1) is 0 Å². The summed E-state index contributed by atoms with van der Waals surface area (Å²) in [7, 11) is 1.28. The maximum atomic E-state index is 13.6. The van der Waals surface area contributed by atoms with Crippen LogP contribution in [0.4, 0.5) is 18.9 Å². The standard InChI is InChI=1S/C21H16BrF3N2O5/c1-3-32-20(30)12-4-6-13(7-5-12)27-19(29)14(18(26-27)21(23,24)25)8-11-9-15(22)17(28)16(10-11)31-2/h4-10,28H,3H2,1-2H3/b14-8-. The summed E-state index contributed by atoms with van der Waals surface area (Å²) in [6.45, 7) is 1.80. The highest BCUT2D eigenvalue weighted by Crippen LogP contribution is 2.37. The number of aromatic hydroxyl groups is 1. The van der Waals surface area contributed by atoms with E-state index in [9.17, 15) is 27.9 Å². The van der Waals surface area contributed by atoms with Crippen LogP contribution in [-0.2, 0) is 9.53 Å². The lowest BCUT2D eigenvalue weighted by Crippen LogP contribution is -2.25. The average molecular weight is 513 g/mol. The number of methoxy groups -OCH3 is 1. The van der Waals surface area contributed by atoms with E-state index in [4.69, 9.17) is 9.47 Å². The van der Waals surface area contributed by atoms with Crippen LogP contribution in [0.5, 0.6) is 11.5 Å². The third-order valence-corrected chi connectivity index (χ3v) is 4.96. The third kappa shape index (κ3) is 4.62. The van der Waals surface area contributed by atoms with Crippen LogP contribution >= 0.6 is 15.9 Å². The first-order valence-corrected chi connectivity index (χ1v) is 9.92. The van der Waals surface area contributed by atoms with Gasteiger partial charge in [0.25, 0.3) is 5.91 Å². The van der Waals surface area contributed by atoms with E-state index in [0.717, 1.165) is 6.08 Å². The highest BCUT2D eigenvalue weighted by atomic mass is 79.9. The SMILES string of the molecule is CCOC(=O)c1ccc(N2N=C(C(F)(F)F)/C(=C/c3cc(Br)c(O)c(OC)c3)C2=O)cc1. The number of nitrogens with zero attached hydrogens (tertiary/aromatic N) is 2. The Kier molecular flexibility index (Phi) is 6.58. The van der Waals surface area contributed by atoms with E-state index in [1.165, 1.54) is 43.5 Å². The van der Waals surface area contributed by atoms with E-state index in [1.54, 1.807) is 6.92 Å². The molecular formula is C21H16BrF3N2O5. The zero-order valence-electron chi connectivity index (χ0n) is 16.7. The molecule has 0 spiro atoms. The number of phenolic OH excluding ortho intramolecular Hbond substituents is 1. The second kappa shape index (κ2) is 9.03. The molecule has 11 heteroatoms. The van der Waals surface area contributed by atoms with Gasteiger partial charge in [-0.3, -0.25) is 4.79 Å². The minimum absolute atomic E-state index is 0.00794. The number of anilines is 1. The van der Waals surface area contributed by atoms with Crippen LogP contribution < -0.4 is 9.75 Å². The lowest BCUT2D eigenvalue weighted by atomic mass is 10.1. The molecule has 0 saturated carbocycles. The van der Waals surface area contributed by atoms with Crippen molar-refractivity contribution in [1.82, 2.24) is 0 Å². The Bertz CT molecular complexity index is 1130. The molecule has 0 bridgehead atoms. The molecule has 0 saturated heterocycles. The molecule has 0 aliphatic carbocycles. The highest BCUT2D eigenvalue weighted by Gasteiger charge is 2.46. The van der Waals surface area contributed by atoms with Crippen molar-refractivity contribution in [3.05, 3.63) is 57.6 Å². The number of hydrogen-bond acceptors (Lipinski definition) is 6. The van der Waals surface area contributed by atoms with Crippen molar-refractivity contribution in [2.75, 3.05) is 18.7 Å². The summed E-state index contributed by atoms with van der Waals surface area (Å²) in [5.41, 5.74) is -1.67. The second-order valence-corrected chi connectivity index (χ2v) is 7.30. The normalized spacial score (nSPS) is 15.2. The summed E-state index contributed by atoms with van der Waals surface area (Å²) < 4.78 is 50.9. The summed E-state index contributed by atoms with van der Waals surface area (Å²) in [4.78, 5) is 24.6. The molecule has 1 heterocycles. The Morgan fingerprint density at radius 3 is 2.47 bits per heavy atom. The number of alkyl halides is 3. The number of phenols is 1. The van der Waals surface area contributed by atoms with Crippen LogP contribution in [0.3, 0.4) is 0 Å². The predicted octanol–water partition coefficient (Wildman–Crippen LogP) is 4.69. The van der Waals surface area contributed by atoms with Crippen molar-refractivity contribution in [3.63, 3.8) is 0 Å². The van der Waals surface area contributed by atoms with Crippen molar-refractivity contribution in [3.8, 4) is 11.5 Å². The number of ether oxygens (including phenoxy) is 2. The number of esters is 1. The van der Waals surface area contributed by atoms with Gasteiger partial charge in [0.15, 0.2) is 17.2 Å². The van der Waals surface area contributed by atoms with Crippen molar-refractivity contribution in [2.45, 2.75) is 13.1 Å². The lowest BCUT2D eigenvalue weighted by molar-refractivity contribution is -0.114. The third-order valence-electron chi connectivity index (χ3n) is 4.35. The number of carbonyl (C=O) groups is 2. The van der Waals surface area contributed by atoms with Crippen LogP contribution in [0.2, 0.25) is 0 Å². The lowest BCUT2D eigenvalue weighted by Gasteiger charge is -2.12. The van der Waals surface area contributed by atoms with Gasteiger partial charge < -0.3 is 14.6 Å². The Morgan fingerprint density at radius 2 is 1.91 bits per heavy atom. The fourth-order valence-corrected chi connectivity index (χ4v) is 3.34. The Hall–Kier alpha value is -3.34. The number of rotatable bonds is 5. The Morgan fingerprint density at radius 1 is 1.25 bits per heavy atom. The van der Waals surface area contributed by atoms with Gasteiger partial charge in [0.2, 0.25) is 0 Å². The molecule has 2 aromatic rings. The molecule has 1 N–H and O–H groups in total. The molecule has 0 atom stereocenters. The van der Waals surface area contributed by atoms with Gasteiger partial charge >= 0.3 is 12.1 Å². The van der Waals surface area contributed by atoms with Crippen molar-refractivity contribution in [2.24, 2.45) is 5.10 Å². The number of carbonyl (C=O) groups excluding carboxylic acids is 2. The van der Waals surface area contributed by atoms with Crippen molar-refractivity contribution >= 4 is 45.3 Å². The number of halogens is 4. The summed E-state index contributed by atoms with van der Waals surface area (Å²) in [6.07, 6.45) is -3.90. The van der Waals surface area contributed by atoms with Crippen LogP contribution in [0.25, 0.3) is 6.08 Å². The molecule has 0 fully saturated rings. The van der Waals surface area contributed by atoms with E-state index in [1.807, 2.05) is 0 Å². The monoisotopic (exact) mass is 512 g/mol. The topological polar surface area (TPSA) is 88.4 Å².